The molecule has 0 bridgehead atoms. The highest BCUT2D eigenvalue weighted by Gasteiger charge is 2.41. The summed E-state index contributed by atoms with van der Waals surface area (Å²) < 4.78 is 9.81. The molecule has 2 fully saturated rings. The summed E-state index contributed by atoms with van der Waals surface area (Å²) in [4.78, 5) is 0. The first kappa shape index (κ1) is 6.13. The third-order valence-corrected chi connectivity index (χ3v) is 1.58. The molecule has 0 aromatic rings. The number of epoxide rings is 2. The Morgan fingerprint density at radius 1 is 0.800 bits per heavy atom. The predicted molar refractivity (Wildman–Crippen MR) is 37.8 cm³/mol. The molecule has 0 radical (unpaired) electrons. The molecule has 3 rings (SSSR count). The van der Waals surface area contributed by atoms with Gasteiger partial charge in [-0.3, -0.25) is 0 Å². The molecule has 3 aliphatic rings. The van der Waals surface area contributed by atoms with Crippen LogP contribution < -0.4 is 0 Å². The zero-order chi connectivity index (χ0) is 6.81. The van der Waals surface area contributed by atoms with Crippen molar-refractivity contribution in [2.45, 2.75) is 12.2 Å². The summed E-state index contributed by atoms with van der Waals surface area (Å²) >= 11 is 0. The molecular formula is C8H10O2. The number of rotatable bonds is 1. The quantitative estimate of drug-likeness (QED) is 0.503. The van der Waals surface area contributed by atoms with Gasteiger partial charge in [-0.05, 0) is 0 Å². The monoisotopic (exact) mass is 138 g/mol. The highest BCUT2D eigenvalue weighted by molar-refractivity contribution is 5.22. The molecule has 0 saturated carbocycles. The fourth-order valence-corrected chi connectivity index (χ4v) is 0.652. The Kier molecular flexibility index (Phi) is 1.57. The van der Waals surface area contributed by atoms with Crippen LogP contribution in [0.1, 0.15) is 0 Å². The van der Waals surface area contributed by atoms with Crippen LogP contribution in [-0.2, 0) is 9.47 Å². The topological polar surface area (TPSA) is 25.1 Å². The van der Waals surface area contributed by atoms with Crippen LogP contribution in [0.25, 0.3) is 0 Å². The molecule has 2 unspecified atom stereocenters. The van der Waals surface area contributed by atoms with Crippen LogP contribution in [0.15, 0.2) is 24.3 Å². The van der Waals surface area contributed by atoms with Crippen molar-refractivity contribution in [3.05, 3.63) is 24.3 Å². The van der Waals surface area contributed by atoms with Crippen molar-refractivity contribution >= 4 is 0 Å². The standard InChI is InChI=1S/C4H6O2.C4H4/c1-3(5-1)4-2-6-4;1-2-4-3-1/h3-4H,1-2H2;1-4H. The molecule has 1 aliphatic carbocycles. The number of hydrogen-bond donors (Lipinski definition) is 0. The average molecular weight is 138 g/mol. The fourth-order valence-electron chi connectivity index (χ4n) is 0.652. The molecule has 0 N–H and O–H groups in total. The van der Waals surface area contributed by atoms with Crippen molar-refractivity contribution in [1.29, 1.82) is 0 Å². The van der Waals surface area contributed by atoms with Gasteiger partial charge < -0.3 is 9.47 Å². The minimum atomic E-state index is 0.491. The maximum atomic E-state index is 4.91. The zero-order valence-corrected chi connectivity index (χ0v) is 5.69. The molecular weight excluding hydrogens is 128 g/mol. The van der Waals surface area contributed by atoms with E-state index in [0.717, 1.165) is 13.2 Å². The van der Waals surface area contributed by atoms with E-state index in [1.165, 1.54) is 0 Å². The van der Waals surface area contributed by atoms with Crippen LogP contribution in [-0.4, -0.2) is 25.4 Å². The van der Waals surface area contributed by atoms with Gasteiger partial charge in [-0.25, -0.2) is 0 Å². The maximum Gasteiger partial charge on any atom is 0.109 e. The van der Waals surface area contributed by atoms with Gasteiger partial charge >= 0.3 is 0 Å². The van der Waals surface area contributed by atoms with E-state index in [1.54, 1.807) is 0 Å². The molecule has 2 aliphatic heterocycles. The Balaban J connectivity index is 0.0000000886. The lowest BCUT2D eigenvalue weighted by Gasteiger charge is -1.77. The normalized spacial score (nSPS) is 37.6. The predicted octanol–water partition coefficient (Wildman–Crippen LogP) is 0.896. The summed E-state index contributed by atoms with van der Waals surface area (Å²) in [6.45, 7) is 1.87. The van der Waals surface area contributed by atoms with Gasteiger partial charge in [0.15, 0.2) is 0 Å². The van der Waals surface area contributed by atoms with Gasteiger partial charge in [0.05, 0.1) is 13.2 Å². The summed E-state index contributed by atoms with van der Waals surface area (Å²) in [6.07, 6.45) is 8.98. The molecule has 2 nitrogen and oxygen atoms in total. The third kappa shape index (κ3) is 1.69. The fraction of sp³-hybridized carbons (Fsp3) is 0.500. The van der Waals surface area contributed by atoms with Crippen LogP contribution in [0.3, 0.4) is 0 Å². The second-order valence-electron chi connectivity index (χ2n) is 2.51. The van der Waals surface area contributed by atoms with Crippen molar-refractivity contribution < 1.29 is 9.47 Å². The average Bonchev–Trinajstić information content (AvgIpc) is 2.54. The lowest BCUT2D eigenvalue weighted by molar-refractivity contribution is 0.325. The van der Waals surface area contributed by atoms with Crippen molar-refractivity contribution in [2.24, 2.45) is 0 Å². The minimum absolute atomic E-state index is 0.491. The van der Waals surface area contributed by atoms with E-state index in [1.807, 2.05) is 24.3 Å². The molecule has 2 saturated heterocycles. The number of ether oxygens (including phenoxy) is 2. The van der Waals surface area contributed by atoms with Crippen LogP contribution >= 0.6 is 0 Å². The second kappa shape index (κ2) is 2.56. The molecule has 0 amide bonds. The van der Waals surface area contributed by atoms with Gasteiger partial charge in [0.25, 0.3) is 0 Å². The number of hydrogen-bond acceptors (Lipinski definition) is 2. The summed E-state index contributed by atoms with van der Waals surface area (Å²) in [6, 6.07) is 0. The third-order valence-electron chi connectivity index (χ3n) is 1.58. The van der Waals surface area contributed by atoms with E-state index in [2.05, 4.69) is 0 Å². The van der Waals surface area contributed by atoms with E-state index < -0.39 is 0 Å². The Bertz CT molecular complexity index is 136. The first-order valence-corrected chi connectivity index (χ1v) is 3.53. The van der Waals surface area contributed by atoms with Crippen molar-refractivity contribution in [3.8, 4) is 0 Å². The van der Waals surface area contributed by atoms with E-state index >= 15 is 0 Å². The Morgan fingerprint density at radius 2 is 1.10 bits per heavy atom. The van der Waals surface area contributed by atoms with Gasteiger partial charge in [0, 0.05) is 0 Å². The van der Waals surface area contributed by atoms with Crippen LogP contribution in [0, 0.1) is 0 Å². The second-order valence-corrected chi connectivity index (χ2v) is 2.51. The first-order valence-electron chi connectivity index (χ1n) is 3.53. The maximum absolute atomic E-state index is 4.91. The van der Waals surface area contributed by atoms with Gasteiger partial charge in [-0.2, -0.15) is 0 Å². The van der Waals surface area contributed by atoms with Gasteiger partial charge in [0.2, 0.25) is 0 Å². The molecule has 2 heteroatoms. The van der Waals surface area contributed by atoms with Crippen LogP contribution in [0.4, 0.5) is 0 Å². The lowest BCUT2D eigenvalue weighted by Crippen LogP contribution is -1.92. The molecule has 0 aromatic heterocycles. The minimum Gasteiger partial charge on any atom is -0.370 e. The molecule has 2 heterocycles. The summed E-state index contributed by atoms with van der Waals surface area (Å²) in [5.74, 6) is 0. The van der Waals surface area contributed by atoms with E-state index in [4.69, 9.17) is 9.47 Å². The molecule has 0 spiro atoms. The van der Waals surface area contributed by atoms with Gasteiger partial charge in [-0.15, -0.1) is 0 Å². The molecule has 10 heavy (non-hydrogen) atoms. The number of allylic oxidation sites excluding steroid dienone is 4. The van der Waals surface area contributed by atoms with E-state index in [-0.39, 0.29) is 0 Å². The molecule has 54 valence electrons. The zero-order valence-electron chi connectivity index (χ0n) is 5.69. The lowest BCUT2D eigenvalue weighted by atomic mass is 10.3. The first-order chi connectivity index (χ1) is 4.97. The van der Waals surface area contributed by atoms with Gasteiger partial charge in [0.1, 0.15) is 12.2 Å². The molecule has 2 atom stereocenters. The van der Waals surface area contributed by atoms with Crippen molar-refractivity contribution in [2.75, 3.05) is 13.2 Å². The Hall–Kier alpha value is -0.600. The van der Waals surface area contributed by atoms with Crippen molar-refractivity contribution in [1.82, 2.24) is 0 Å². The SMILES string of the molecule is C1=CC=C1.C1OC1C1CO1. The van der Waals surface area contributed by atoms with Crippen LogP contribution in [0.2, 0.25) is 0 Å². The van der Waals surface area contributed by atoms with E-state index in [9.17, 15) is 0 Å². The Morgan fingerprint density at radius 3 is 1.20 bits per heavy atom. The summed E-state index contributed by atoms with van der Waals surface area (Å²) in [5, 5.41) is 0. The Labute approximate surface area is 60.1 Å². The molecule has 0 aromatic carbocycles. The summed E-state index contributed by atoms with van der Waals surface area (Å²) in [7, 11) is 0. The smallest absolute Gasteiger partial charge is 0.109 e. The van der Waals surface area contributed by atoms with Gasteiger partial charge in [-0.1, -0.05) is 24.3 Å². The van der Waals surface area contributed by atoms with Crippen molar-refractivity contribution in [3.63, 3.8) is 0 Å². The summed E-state index contributed by atoms with van der Waals surface area (Å²) in [5.41, 5.74) is 0. The highest BCUT2D eigenvalue weighted by atomic mass is 16.6. The van der Waals surface area contributed by atoms with Crippen LogP contribution in [0.5, 0.6) is 0 Å². The largest absolute Gasteiger partial charge is 0.370 e. The highest BCUT2D eigenvalue weighted by Crippen LogP contribution is 2.25. The van der Waals surface area contributed by atoms with E-state index in [0.29, 0.717) is 12.2 Å².